The highest BCUT2D eigenvalue weighted by molar-refractivity contribution is 6.01. The molecule has 0 saturated heterocycles. The van der Waals surface area contributed by atoms with E-state index in [9.17, 15) is 9.59 Å². The van der Waals surface area contributed by atoms with Crippen LogP contribution in [-0.4, -0.2) is 48.4 Å². The molecule has 2 aromatic heterocycles. The predicted octanol–water partition coefficient (Wildman–Crippen LogP) is 7.68. The van der Waals surface area contributed by atoms with Crippen LogP contribution in [0.25, 0.3) is 21.8 Å². The number of aromatic nitrogens is 2. The Kier molecular flexibility index (Phi) is 9.61. The second kappa shape index (κ2) is 14.9. The van der Waals surface area contributed by atoms with Gasteiger partial charge in [0.15, 0.2) is 0 Å². The highest BCUT2D eigenvalue weighted by Crippen LogP contribution is 2.40. The lowest BCUT2D eigenvalue weighted by atomic mass is 9.84. The number of methoxy groups -OCH3 is 2. The number of aryl methyl sites for hydroxylation is 1. The molecule has 0 aliphatic rings. The number of ether oxygens (including phenoxy) is 2. The van der Waals surface area contributed by atoms with Gasteiger partial charge in [-0.2, -0.15) is 10.2 Å². The van der Waals surface area contributed by atoms with Gasteiger partial charge in [0.2, 0.25) is 0 Å². The Balaban J connectivity index is 1.20. The Bertz CT molecular complexity index is 2280. The van der Waals surface area contributed by atoms with Crippen LogP contribution in [0.4, 0.5) is 0 Å². The molecule has 0 aliphatic heterocycles. The van der Waals surface area contributed by atoms with Crippen LogP contribution in [0, 0.1) is 6.92 Å². The van der Waals surface area contributed by atoms with Crippen molar-refractivity contribution in [1.29, 1.82) is 0 Å². The van der Waals surface area contributed by atoms with Crippen molar-refractivity contribution in [2.45, 2.75) is 12.8 Å². The molecule has 5 aromatic carbocycles. The van der Waals surface area contributed by atoms with Crippen molar-refractivity contribution in [1.82, 2.24) is 20.8 Å². The predicted molar refractivity (Wildman–Crippen MR) is 205 cm³/mol. The summed E-state index contributed by atoms with van der Waals surface area (Å²) in [4.78, 5) is 33.3. The first kappa shape index (κ1) is 33.6. The maximum absolute atomic E-state index is 13.3. The Labute approximate surface area is 300 Å². The zero-order valence-electron chi connectivity index (χ0n) is 28.8. The van der Waals surface area contributed by atoms with Crippen molar-refractivity contribution in [2.75, 3.05) is 14.2 Å². The van der Waals surface area contributed by atoms with E-state index in [2.05, 4.69) is 62.2 Å². The molecule has 258 valence electrons. The fourth-order valence-corrected chi connectivity index (χ4v) is 6.17. The van der Waals surface area contributed by atoms with Gasteiger partial charge < -0.3 is 19.4 Å². The molecule has 0 aliphatic carbocycles. The van der Waals surface area contributed by atoms with Gasteiger partial charge in [0, 0.05) is 51.2 Å². The van der Waals surface area contributed by atoms with Gasteiger partial charge in [-0.05, 0) is 120 Å². The average Bonchev–Trinajstić information content (AvgIpc) is 3.80. The minimum Gasteiger partial charge on any atom is -0.497 e. The molecule has 0 saturated carbocycles. The number of carbonyl (C=O) groups is 2. The van der Waals surface area contributed by atoms with E-state index < -0.39 is 0 Å². The highest BCUT2D eigenvalue weighted by Gasteiger charge is 2.24. The summed E-state index contributed by atoms with van der Waals surface area (Å²) in [6, 6.07) is 34.3. The normalized spacial score (nSPS) is 11.5. The molecule has 2 amide bonds. The quantitative estimate of drug-likeness (QED) is 0.0820. The van der Waals surface area contributed by atoms with Crippen LogP contribution in [0.15, 0.2) is 132 Å². The molecule has 7 rings (SSSR count). The lowest BCUT2D eigenvalue weighted by Gasteiger charge is -2.18. The first-order chi connectivity index (χ1) is 25.4. The summed E-state index contributed by atoms with van der Waals surface area (Å²) < 4.78 is 10.4. The van der Waals surface area contributed by atoms with E-state index in [1.165, 1.54) is 0 Å². The van der Waals surface area contributed by atoms with Crippen LogP contribution < -0.4 is 20.3 Å². The van der Waals surface area contributed by atoms with E-state index in [-0.39, 0.29) is 17.7 Å². The highest BCUT2D eigenvalue weighted by atomic mass is 16.5. The second-order valence-electron chi connectivity index (χ2n) is 12.3. The molecule has 2 heterocycles. The van der Waals surface area contributed by atoms with E-state index in [1.54, 1.807) is 38.8 Å². The summed E-state index contributed by atoms with van der Waals surface area (Å²) in [6.45, 7) is 2.06. The first-order valence-corrected chi connectivity index (χ1v) is 16.6. The minimum absolute atomic E-state index is 0.235. The van der Waals surface area contributed by atoms with Crippen LogP contribution in [-0.2, 0) is 0 Å². The third-order valence-corrected chi connectivity index (χ3v) is 8.98. The zero-order valence-corrected chi connectivity index (χ0v) is 28.8. The summed E-state index contributed by atoms with van der Waals surface area (Å²) in [5, 5.41) is 10.1. The average molecular weight is 689 g/mol. The maximum atomic E-state index is 13.3. The van der Waals surface area contributed by atoms with Gasteiger partial charge >= 0.3 is 0 Å². The Hall–Kier alpha value is -6.94. The van der Waals surface area contributed by atoms with E-state index in [0.717, 1.165) is 66.7 Å². The maximum Gasteiger partial charge on any atom is 0.271 e. The largest absolute Gasteiger partial charge is 0.497 e. The molecule has 0 fully saturated rings. The van der Waals surface area contributed by atoms with Crippen molar-refractivity contribution in [3.05, 3.63) is 166 Å². The lowest BCUT2D eigenvalue weighted by molar-refractivity contribution is 0.0947. The van der Waals surface area contributed by atoms with Gasteiger partial charge in [-0.3, -0.25) is 9.59 Å². The van der Waals surface area contributed by atoms with Gasteiger partial charge in [0.25, 0.3) is 11.8 Å². The van der Waals surface area contributed by atoms with Gasteiger partial charge in [-0.15, -0.1) is 0 Å². The summed E-state index contributed by atoms with van der Waals surface area (Å²) in [6.07, 6.45) is 7.15. The second-order valence-corrected chi connectivity index (χ2v) is 12.3. The van der Waals surface area contributed by atoms with Gasteiger partial charge in [-0.25, -0.2) is 10.9 Å². The molecular weight excluding hydrogens is 653 g/mol. The van der Waals surface area contributed by atoms with Crippen molar-refractivity contribution >= 4 is 46.0 Å². The number of fused-ring (bicyclic) bond motifs is 2. The molecule has 52 heavy (non-hydrogen) atoms. The molecule has 0 spiro atoms. The molecule has 4 N–H and O–H groups in total. The number of hydrazone groups is 2. The number of amides is 2. The summed E-state index contributed by atoms with van der Waals surface area (Å²) >= 11 is 0. The molecule has 0 bridgehead atoms. The number of carbonyl (C=O) groups excluding carboxylic acids is 2. The minimum atomic E-state index is -0.330. The summed E-state index contributed by atoms with van der Waals surface area (Å²) in [7, 11) is 3.22. The first-order valence-electron chi connectivity index (χ1n) is 16.6. The molecule has 0 unspecified atom stereocenters. The molecule has 7 aromatic rings. The Morgan fingerprint density at radius 2 is 1.06 bits per heavy atom. The van der Waals surface area contributed by atoms with Crippen LogP contribution in [0.3, 0.4) is 0 Å². The Morgan fingerprint density at radius 1 is 0.615 bits per heavy atom. The van der Waals surface area contributed by atoms with Gasteiger partial charge in [0.1, 0.15) is 11.5 Å². The van der Waals surface area contributed by atoms with Crippen molar-refractivity contribution < 1.29 is 19.1 Å². The number of H-pyrrole nitrogens is 2. The topological polar surface area (TPSA) is 133 Å². The number of nitrogens with one attached hydrogen (secondary N) is 4. The summed E-state index contributed by atoms with van der Waals surface area (Å²) in [5.41, 5.74) is 13.8. The Morgan fingerprint density at radius 3 is 1.48 bits per heavy atom. The van der Waals surface area contributed by atoms with E-state index >= 15 is 0 Å². The van der Waals surface area contributed by atoms with E-state index in [1.807, 2.05) is 85.2 Å². The van der Waals surface area contributed by atoms with Crippen LogP contribution in [0.2, 0.25) is 0 Å². The monoisotopic (exact) mass is 688 g/mol. The van der Waals surface area contributed by atoms with Gasteiger partial charge in [0.05, 0.1) is 26.6 Å². The van der Waals surface area contributed by atoms with Crippen LogP contribution >= 0.6 is 0 Å². The van der Waals surface area contributed by atoms with E-state index in [0.29, 0.717) is 11.1 Å². The molecular formula is C42H36N6O4. The van der Waals surface area contributed by atoms with E-state index in [4.69, 9.17) is 9.47 Å². The number of hydrogen-bond donors (Lipinski definition) is 4. The van der Waals surface area contributed by atoms with Crippen molar-refractivity contribution in [2.24, 2.45) is 10.2 Å². The molecule has 0 radical (unpaired) electrons. The standard InChI is InChI=1S/C42H36N6O4/c1-26-4-10-29(11-5-26)40(36-24-43-38-18-12-30(20-34(36)38)41(49)47-45-22-27-6-14-32(51-2)15-7-27)37-25-44-39-19-13-31(21-35(37)39)42(50)48-46-23-28-8-16-33(52-3)17-9-28/h4-25,40,43-44H,1-3H3,(H,47,49)(H,48,50)/b45-22+,46-23+. The fraction of sp³-hybridized carbons (Fsp3) is 0.0952. The van der Waals surface area contributed by atoms with Crippen LogP contribution in [0.1, 0.15) is 60.0 Å². The molecule has 10 nitrogen and oxygen atoms in total. The fourth-order valence-electron chi connectivity index (χ4n) is 6.17. The smallest absolute Gasteiger partial charge is 0.271 e. The summed E-state index contributed by atoms with van der Waals surface area (Å²) in [5.74, 6) is 0.587. The lowest BCUT2D eigenvalue weighted by Crippen LogP contribution is -2.17. The van der Waals surface area contributed by atoms with Crippen molar-refractivity contribution in [3.8, 4) is 11.5 Å². The molecule has 0 atom stereocenters. The SMILES string of the molecule is COc1ccc(/C=N/NC(=O)c2ccc3[nH]cc(C(c4ccc(C)cc4)c4c[nH]c5ccc(C(=O)N/N=C/c6ccc(OC)cc6)cc45)c3c2)cc1. The number of aromatic amines is 2. The number of benzene rings is 5. The third-order valence-electron chi connectivity index (χ3n) is 8.98. The number of hydrogen-bond acceptors (Lipinski definition) is 6. The van der Waals surface area contributed by atoms with Crippen molar-refractivity contribution in [3.63, 3.8) is 0 Å². The zero-order chi connectivity index (χ0) is 36.0. The molecule has 10 heteroatoms. The third kappa shape index (κ3) is 7.17. The van der Waals surface area contributed by atoms with Crippen LogP contribution in [0.5, 0.6) is 11.5 Å². The number of rotatable bonds is 11. The number of nitrogens with zero attached hydrogens (tertiary/aromatic N) is 2. The van der Waals surface area contributed by atoms with Gasteiger partial charge in [-0.1, -0.05) is 29.8 Å².